The van der Waals surface area contributed by atoms with Crippen molar-refractivity contribution in [3.05, 3.63) is 16.7 Å². The Kier molecular flexibility index (Phi) is 2.83. The molecule has 0 spiro atoms. The van der Waals surface area contributed by atoms with E-state index in [0.717, 1.165) is 11.5 Å². The van der Waals surface area contributed by atoms with E-state index in [1.54, 1.807) is 19.2 Å². The van der Waals surface area contributed by atoms with Gasteiger partial charge in [-0.25, -0.2) is 4.98 Å². The van der Waals surface area contributed by atoms with Crippen LogP contribution in [0.5, 0.6) is 5.75 Å². The van der Waals surface area contributed by atoms with Gasteiger partial charge in [0.1, 0.15) is 10.3 Å². The van der Waals surface area contributed by atoms with Crippen LogP contribution < -0.4 is 10.5 Å². The van der Waals surface area contributed by atoms with E-state index in [-0.39, 0.29) is 0 Å². The maximum Gasteiger partial charge on any atom is 0.200 e. The fourth-order valence-corrected chi connectivity index (χ4v) is 1.96. The van der Waals surface area contributed by atoms with Gasteiger partial charge in [0.25, 0.3) is 0 Å². The van der Waals surface area contributed by atoms with Crippen molar-refractivity contribution in [2.45, 2.75) is 0 Å². The quantitative estimate of drug-likeness (QED) is 0.855. The van der Waals surface area contributed by atoms with E-state index in [4.69, 9.17) is 10.5 Å². The molecule has 2 N–H and O–H groups in total. The third kappa shape index (κ3) is 2.07. The van der Waals surface area contributed by atoms with E-state index >= 15 is 0 Å². The van der Waals surface area contributed by atoms with Crippen LogP contribution in [-0.4, -0.2) is 21.5 Å². The Labute approximate surface area is 98.6 Å². The highest BCUT2D eigenvalue weighted by Crippen LogP contribution is 2.26. The molecule has 0 unspecified atom stereocenters. The van der Waals surface area contributed by atoms with Gasteiger partial charge in [0.05, 0.1) is 7.11 Å². The molecule has 78 valence electrons. The van der Waals surface area contributed by atoms with Crippen LogP contribution in [0.4, 0.5) is 5.13 Å². The number of rotatable bonds is 2. The Morgan fingerprint density at radius 1 is 1.40 bits per heavy atom. The third-order valence-corrected chi connectivity index (χ3v) is 2.82. The Balaban J connectivity index is 2.42. The molecule has 5 nitrogen and oxygen atoms in total. The largest absolute Gasteiger partial charge is 0.494 e. The van der Waals surface area contributed by atoms with Crippen molar-refractivity contribution in [1.82, 2.24) is 14.3 Å². The topological polar surface area (TPSA) is 73.9 Å². The van der Waals surface area contributed by atoms with Crippen molar-refractivity contribution in [1.29, 1.82) is 0 Å². The number of nitrogens with two attached hydrogens (primary N) is 1. The zero-order valence-corrected chi connectivity index (χ0v) is 10.2. The van der Waals surface area contributed by atoms with Gasteiger partial charge < -0.3 is 10.5 Å². The molecule has 0 radical (unpaired) electrons. The number of aromatic nitrogens is 3. The number of ether oxygens (including phenoxy) is 1. The lowest BCUT2D eigenvalue weighted by molar-refractivity contribution is 0.410. The van der Waals surface area contributed by atoms with Gasteiger partial charge in [0.2, 0.25) is 0 Å². The first-order valence-corrected chi connectivity index (χ1v) is 5.57. The molecule has 0 amide bonds. The first kappa shape index (κ1) is 10.3. The van der Waals surface area contributed by atoms with Gasteiger partial charge in [0, 0.05) is 11.5 Å². The first-order valence-electron chi connectivity index (χ1n) is 4.01. The summed E-state index contributed by atoms with van der Waals surface area (Å²) in [6, 6.07) is 3.58. The van der Waals surface area contributed by atoms with Crippen molar-refractivity contribution in [2.24, 2.45) is 0 Å². The molecule has 0 aliphatic heterocycles. The lowest BCUT2D eigenvalue weighted by Crippen LogP contribution is -1.91. The highest BCUT2D eigenvalue weighted by molar-refractivity contribution is 9.10. The first-order chi connectivity index (χ1) is 7.20. The number of hydrogen-bond donors (Lipinski definition) is 1. The van der Waals surface area contributed by atoms with Crippen LogP contribution in [0.25, 0.3) is 11.5 Å². The highest BCUT2D eigenvalue weighted by Gasteiger charge is 2.09. The van der Waals surface area contributed by atoms with Crippen LogP contribution in [0, 0.1) is 0 Å². The summed E-state index contributed by atoms with van der Waals surface area (Å²) in [4.78, 5) is 8.28. The minimum absolute atomic E-state index is 0.429. The second-order valence-corrected chi connectivity index (χ2v) is 4.18. The average molecular weight is 287 g/mol. The molecule has 2 aromatic rings. The Bertz CT molecular complexity index is 487. The van der Waals surface area contributed by atoms with Crippen molar-refractivity contribution in [3.63, 3.8) is 0 Å². The summed E-state index contributed by atoms with van der Waals surface area (Å²) in [6.45, 7) is 0. The predicted octanol–water partition coefficient (Wildman–Crippen LogP) is 1.95. The maximum absolute atomic E-state index is 5.49. The van der Waals surface area contributed by atoms with Crippen LogP contribution in [-0.2, 0) is 0 Å². The molecule has 0 saturated carbocycles. The standard InChI is InChI=1S/C8H7BrN4OS/c1-14-5-3-2-4(11-6(5)9)7-12-8(10)15-13-7/h2-3H,1H3,(H2,10,12,13). The summed E-state index contributed by atoms with van der Waals surface area (Å²) in [5.41, 5.74) is 6.15. The Morgan fingerprint density at radius 2 is 2.20 bits per heavy atom. The van der Waals surface area contributed by atoms with Crippen LogP contribution >= 0.6 is 27.5 Å². The van der Waals surface area contributed by atoms with Crippen molar-refractivity contribution in [3.8, 4) is 17.3 Å². The fourth-order valence-electron chi connectivity index (χ4n) is 1.04. The van der Waals surface area contributed by atoms with E-state index < -0.39 is 0 Å². The highest BCUT2D eigenvalue weighted by atomic mass is 79.9. The number of nitrogens with zero attached hydrogens (tertiary/aromatic N) is 3. The SMILES string of the molecule is COc1ccc(-c2nsc(N)n2)nc1Br. The van der Waals surface area contributed by atoms with Gasteiger partial charge >= 0.3 is 0 Å². The molecule has 0 aromatic carbocycles. The second kappa shape index (κ2) is 4.11. The lowest BCUT2D eigenvalue weighted by atomic mass is 10.3. The fraction of sp³-hybridized carbons (Fsp3) is 0.125. The molecule has 0 fully saturated rings. The number of pyridine rings is 1. The normalized spacial score (nSPS) is 10.3. The average Bonchev–Trinajstić information content (AvgIpc) is 2.65. The summed E-state index contributed by atoms with van der Waals surface area (Å²) in [6.07, 6.45) is 0. The molecular weight excluding hydrogens is 280 g/mol. The molecule has 0 saturated heterocycles. The van der Waals surface area contributed by atoms with Crippen LogP contribution in [0.2, 0.25) is 0 Å². The third-order valence-electron chi connectivity index (χ3n) is 1.71. The number of nitrogen functional groups attached to an aromatic ring is 1. The van der Waals surface area contributed by atoms with Gasteiger partial charge in [0.15, 0.2) is 16.7 Å². The zero-order chi connectivity index (χ0) is 10.8. The molecule has 2 heterocycles. The molecule has 0 bridgehead atoms. The number of hydrogen-bond acceptors (Lipinski definition) is 6. The summed E-state index contributed by atoms with van der Waals surface area (Å²) >= 11 is 4.44. The summed E-state index contributed by atoms with van der Waals surface area (Å²) < 4.78 is 9.75. The molecule has 2 rings (SSSR count). The Hall–Kier alpha value is -1.21. The number of anilines is 1. The van der Waals surface area contributed by atoms with Gasteiger partial charge in [-0.05, 0) is 28.1 Å². The van der Waals surface area contributed by atoms with Gasteiger partial charge in [-0.3, -0.25) is 0 Å². The second-order valence-electron chi connectivity index (χ2n) is 2.65. The van der Waals surface area contributed by atoms with E-state index in [9.17, 15) is 0 Å². The lowest BCUT2D eigenvalue weighted by Gasteiger charge is -2.02. The van der Waals surface area contributed by atoms with Gasteiger partial charge in [-0.15, -0.1) is 0 Å². The van der Waals surface area contributed by atoms with E-state index in [1.165, 1.54) is 0 Å². The summed E-state index contributed by atoms with van der Waals surface area (Å²) in [5, 5.41) is 0.429. The molecule has 7 heteroatoms. The minimum Gasteiger partial charge on any atom is -0.494 e. The zero-order valence-electron chi connectivity index (χ0n) is 7.77. The van der Waals surface area contributed by atoms with Crippen LogP contribution in [0.15, 0.2) is 16.7 Å². The molecular formula is C8H7BrN4OS. The minimum atomic E-state index is 0.429. The molecule has 0 atom stereocenters. The number of halogens is 1. The van der Waals surface area contributed by atoms with Gasteiger partial charge in [-0.1, -0.05) is 0 Å². The summed E-state index contributed by atoms with van der Waals surface area (Å²) in [7, 11) is 1.58. The molecule has 2 aromatic heterocycles. The Morgan fingerprint density at radius 3 is 2.73 bits per heavy atom. The van der Waals surface area contributed by atoms with E-state index in [0.29, 0.717) is 27.0 Å². The molecule has 0 aliphatic carbocycles. The van der Waals surface area contributed by atoms with Crippen molar-refractivity contribution < 1.29 is 4.74 Å². The smallest absolute Gasteiger partial charge is 0.200 e. The van der Waals surface area contributed by atoms with Crippen LogP contribution in [0.3, 0.4) is 0 Å². The molecule has 0 aliphatic rings. The van der Waals surface area contributed by atoms with Crippen molar-refractivity contribution >= 4 is 32.6 Å². The maximum atomic E-state index is 5.49. The summed E-state index contributed by atoms with van der Waals surface area (Å²) in [5.74, 6) is 1.20. The van der Waals surface area contributed by atoms with Gasteiger partial charge in [-0.2, -0.15) is 9.36 Å². The van der Waals surface area contributed by atoms with E-state index in [1.807, 2.05) is 0 Å². The molecule has 15 heavy (non-hydrogen) atoms. The predicted molar refractivity (Wildman–Crippen MR) is 61.8 cm³/mol. The van der Waals surface area contributed by atoms with Crippen molar-refractivity contribution in [2.75, 3.05) is 12.8 Å². The van der Waals surface area contributed by atoms with Crippen LogP contribution in [0.1, 0.15) is 0 Å². The van der Waals surface area contributed by atoms with E-state index in [2.05, 4.69) is 30.3 Å². The number of methoxy groups -OCH3 is 1. The monoisotopic (exact) mass is 286 g/mol.